The molecule has 1 atom stereocenters. The minimum atomic E-state index is -0.183. The third-order valence-electron chi connectivity index (χ3n) is 5.02. The first-order chi connectivity index (χ1) is 11.7. The lowest BCUT2D eigenvalue weighted by atomic mass is 9.71. The van der Waals surface area contributed by atoms with Crippen molar-refractivity contribution in [2.24, 2.45) is 11.1 Å². The number of aromatic nitrogens is 1. The number of carbonyl (C=O) groups is 1. The maximum Gasteiger partial charge on any atom is 0.221 e. The summed E-state index contributed by atoms with van der Waals surface area (Å²) in [6.07, 6.45) is 8.03. The summed E-state index contributed by atoms with van der Waals surface area (Å²) in [6, 6.07) is 9.85. The van der Waals surface area contributed by atoms with Crippen LogP contribution in [-0.2, 0) is 4.79 Å². The van der Waals surface area contributed by atoms with Gasteiger partial charge in [0, 0.05) is 18.0 Å². The fraction of sp³-hybridized carbons (Fsp3) is 0.474. The standard InChI is InChI=1S/C19H25N3OS/c20-14-19(9-5-2-6-10-19)13-16(23)22-17(18-21-11-12-24-18)15-7-3-1-4-8-15/h1,3-4,7-8,11-12,17H,2,5-6,9-10,13-14,20H2,(H,22,23). The highest BCUT2D eigenvalue weighted by Gasteiger charge is 2.33. The van der Waals surface area contributed by atoms with Crippen LogP contribution in [0.1, 0.15) is 55.1 Å². The molecule has 3 rings (SSSR count). The molecule has 4 nitrogen and oxygen atoms in total. The van der Waals surface area contributed by atoms with Gasteiger partial charge in [0.1, 0.15) is 11.0 Å². The Kier molecular flexibility index (Phi) is 5.63. The number of amides is 1. The number of hydrogen-bond donors (Lipinski definition) is 2. The molecule has 1 aromatic carbocycles. The van der Waals surface area contributed by atoms with Crippen LogP contribution < -0.4 is 11.1 Å². The number of benzene rings is 1. The molecule has 0 radical (unpaired) electrons. The number of nitrogens with one attached hydrogen (secondary N) is 1. The quantitative estimate of drug-likeness (QED) is 0.841. The van der Waals surface area contributed by atoms with Crippen molar-refractivity contribution in [3.8, 4) is 0 Å². The maximum absolute atomic E-state index is 12.8. The Labute approximate surface area is 147 Å². The van der Waals surface area contributed by atoms with Crippen LogP contribution in [0.4, 0.5) is 0 Å². The third-order valence-corrected chi connectivity index (χ3v) is 5.86. The summed E-state index contributed by atoms with van der Waals surface area (Å²) < 4.78 is 0. The molecule has 1 amide bonds. The molecule has 3 N–H and O–H groups in total. The largest absolute Gasteiger partial charge is 0.343 e. The Morgan fingerprint density at radius 2 is 2.00 bits per heavy atom. The molecule has 2 aromatic rings. The summed E-state index contributed by atoms with van der Waals surface area (Å²) in [7, 11) is 0. The van der Waals surface area contributed by atoms with Gasteiger partial charge in [0.05, 0.1) is 0 Å². The SMILES string of the molecule is NCC1(CC(=O)NC(c2ccccc2)c2nccs2)CCCCC1. The van der Waals surface area contributed by atoms with Crippen molar-refractivity contribution >= 4 is 17.2 Å². The van der Waals surface area contributed by atoms with Gasteiger partial charge in [-0.05, 0) is 30.4 Å². The van der Waals surface area contributed by atoms with Gasteiger partial charge in [-0.3, -0.25) is 4.79 Å². The number of hydrogen-bond acceptors (Lipinski definition) is 4. The highest BCUT2D eigenvalue weighted by Crippen LogP contribution is 2.38. The van der Waals surface area contributed by atoms with Crippen molar-refractivity contribution in [3.05, 3.63) is 52.5 Å². The molecule has 1 unspecified atom stereocenters. The van der Waals surface area contributed by atoms with E-state index in [1.807, 2.05) is 35.7 Å². The van der Waals surface area contributed by atoms with Crippen LogP contribution in [0.3, 0.4) is 0 Å². The van der Waals surface area contributed by atoms with Crippen molar-refractivity contribution in [2.75, 3.05) is 6.54 Å². The van der Waals surface area contributed by atoms with Gasteiger partial charge < -0.3 is 11.1 Å². The van der Waals surface area contributed by atoms with Crippen molar-refractivity contribution in [1.82, 2.24) is 10.3 Å². The summed E-state index contributed by atoms with van der Waals surface area (Å²) in [5.41, 5.74) is 7.07. The van der Waals surface area contributed by atoms with E-state index < -0.39 is 0 Å². The van der Waals surface area contributed by atoms with E-state index in [-0.39, 0.29) is 17.4 Å². The smallest absolute Gasteiger partial charge is 0.221 e. The molecular formula is C19H25N3OS. The van der Waals surface area contributed by atoms with Gasteiger partial charge >= 0.3 is 0 Å². The molecule has 128 valence electrons. The van der Waals surface area contributed by atoms with Crippen molar-refractivity contribution < 1.29 is 4.79 Å². The van der Waals surface area contributed by atoms with Crippen LogP contribution in [0, 0.1) is 5.41 Å². The predicted octanol–water partition coefficient (Wildman–Crippen LogP) is 3.65. The zero-order valence-corrected chi connectivity index (χ0v) is 14.7. The van der Waals surface area contributed by atoms with Gasteiger partial charge in [-0.25, -0.2) is 4.98 Å². The Balaban J connectivity index is 1.74. The average molecular weight is 343 g/mol. The van der Waals surface area contributed by atoms with Crippen LogP contribution in [0.25, 0.3) is 0 Å². The van der Waals surface area contributed by atoms with E-state index in [1.54, 1.807) is 17.5 Å². The molecule has 24 heavy (non-hydrogen) atoms. The van der Waals surface area contributed by atoms with Crippen molar-refractivity contribution in [3.63, 3.8) is 0 Å². The second-order valence-corrected chi connectivity index (χ2v) is 7.65. The van der Waals surface area contributed by atoms with Crippen LogP contribution >= 0.6 is 11.3 Å². The van der Waals surface area contributed by atoms with Crippen LogP contribution in [0.5, 0.6) is 0 Å². The molecule has 1 aliphatic rings. The second kappa shape index (κ2) is 7.90. The summed E-state index contributed by atoms with van der Waals surface area (Å²) in [4.78, 5) is 17.2. The molecule has 0 bridgehead atoms. The zero-order chi connectivity index (χ0) is 16.8. The summed E-state index contributed by atoms with van der Waals surface area (Å²) in [6.45, 7) is 0.591. The minimum Gasteiger partial charge on any atom is -0.343 e. The first-order valence-electron chi connectivity index (χ1n) is 8.66. The Bertz CT molecular complexity index is 636. The summed E-state index contributed by atoms with van der Waals surface area (Å²) >= 11 is 1.57. The molecule has 0 saturated heterocycles. The molecule has 0 spiro atoms. The molecule has 0 aliphatic heterocycles. The molecule has 1 heterocycles. The van der Waals surface area contributed by atoms with Gasteiger partial charge in [-0.15, -0.1) is 11.3 Å². The van der Waals surface area contributed by atoms with Gasteiger partial charge in [0.25, 0.3) is 0 Å². The highest BCUT2D eigenvalue weighted by atomic mass is 32.1. The van der Waals surface area contributed by atoms with Gasteiger partial charge in [0.2, 0.25) is 5.91 Å². The van der Waals surface area contributed by atoms with E-state index >= 15 is 0 Å². The maximum atomic E-state index is 12.8. The second-order valence-electron chi connectivity index (χ2n) is 6.72. The van der Waals surface area contributed by atoms with Gasteiger partial charge in [-0.1, -0.05) is 49.6 Å². The topological polar surface area (TPSA) is 68.0 Å². The predicted molar refractivity (Wildman–Crippen MR) is 97.7 cm³/mol. The fourth-order valence-corrected chi connectivity index (χ4v) is 4.33. The van der Waals surface area contributed by atoms with Crippen LogP contribution in [-0.4, -0.2) is 17.4 Å². The fourth-order valence-electron chi connectivity index (χ4n) is 3.62. The molecule has 1 aromatic heterocycles. The van der Waals surface area contributed by atoms with Gasteiger partial charge in [0.15, 0.2) is 0 Å². The van der Waals surface area contributed by atoms with Crippen LogP contribution in [0.2, 0.25) is 0 Å². The molecule has 5 heteroatoms. The first kappa shape index (κ1) is 17.1. The lowest BCUT2D eigenvalue weighted by Crippen LogP contribution is -2.39. The molecule has 1 fully saturated rings. The minimum absolute atomic E-state index is 0.0214. The Hall–Kier alpha value is -1.72. The van der Waals surface area contributed by atoms with E-state index in [1.165, 1.54) is 19.3 Å². The highest BCUT2D eigenvalue weighted by molar-refractivity contribution is 7.09. The molecule has 1 saturated carbocycles. The Morgan fingerprint density at radius 1 is 1.25 bits per heavy atom. The average Bonchev–Trinajstić information content (AvgIpc) is 3.15. The van der Waals surface area contributed by atoms with Crippen LogP contribution in [0.15, 0.2) is 41.9 Å². The third kappa shape index (κ3) is 4.02. The molecular weight excluding hydrogens is 318 g/mol. The summed E-state index contributed by atoms with van der Waals surface area (Å²) in [5, 5.41) is 6.06. The van der Waals surface area contributed by atoms with E-state index in [0.29, 0.717) is 13.0 Å². The number of thiazole rings is 1. The van der Waals surface area contributed by atoms with Gasteiger partial charge in [-0.2, -0.15) is 0 Å². The van der Waals surface area contributed by atoms with E-state index in [4.69, 9.17) is 5.73 Å². The summed E-state index contributed by atoms with van der Waals surface area (Å²) in [5.74, 6) is 0.0754. The monoisotopic (exact) mass is 343 g/mol. The van der Waals surface area contributed by atoms with E-state index in [2.05, 4.69) is 10.3 Å². The number of nitrogens with zero attached hydrogens (tertiary/aromatic N) is 1. The first-order valence-corrected chi connectivity index (χ1v) is 9.54. The molecule has 1 aliphatic carbocycles. The lowest BCUT2D eigenvalue weighted by molar-refractivity contribution is -0.124. The normalized spacial score (nSPS) is 18.0. The number of rotatable bonds is 6. The Morgan fingerprint density at radius 3 is 2.62 bits per heavy atom. The van der Waals surface area contributed by atoms with E-state index in [9.17, 15) is 4.79 Å². The van der Waals surface area contributed by atoms with E-state index in [0.717, 1.165) is 23.4 Å². The zero-order valence-electron chi connectivity index (χ0n) is 13.9. The lowest BCUT2D eigenvalue weighted by Gasteiger charge is -2.36. The van der Waals surface area contributed by atoms with Crippen molar-refractivity contribution in [2.45, 2.75) is 44.6 Å². The number of nitrogens with two attached hydrogens (primary N) is 1. The number of carbonyl (C=O) groups excluding carboxylic acids is 1. The van der Waals surface area contributed by atoms with Crippen molar-refractivity contribution in [1.29, 1.82) is 0 Å².